The first kappa shape index (κ1) is 48.1. The molecule has 79 heavy (non-hydrogen) atoms. The van der Waals surface area contributed by atoms with E-state index in [9.17, 15) is 0 Å². The fourth-order valence-corrected chi connectivity index (χ4v) is 12.6. The first-order valence-electron chi connectivity index (χ1n) is 27.1. The second-order valence-electron chi connectivity index (χ2n) is 23.1. The number of benzene rings is 11. The molecule has 0 bridgehead atoms. The molecule has 2 heterocycles. The zero-order chi connectivity index (χ0) is 54.0. The summed E-state index contributed by atoms with van der Waals surface area (Å²) in [5.74, 6) is -1.37. The zero-order valence-electron chi connectivity index (χ0n) is 44.9. The number of nitrogens with zero attached hydrogens (tertiary/aromatic N) is 2. The lowest BCUT2D eigenvalue weighted by molar-refractivity contribution is 0.583. The van der Waals surface area contributed by atoms with Gasteiger partial charge in [0.25, 0.3) is 0 Å². The molecule has 0 radical (unpaired) electrons. The highest BCUT2D eigenvalue weighted by Crippen LogP contribution is 2.65. The first-order chi connectivity index (χ1) is 38.3. The van der Waals surface area contributed by atoms with Crippen molar-refractivity contribution >= 4 is 88.8 Å². The molecule has 1 aliphatic carbocycles. The van der Waals surface area contributed by atoms with E-state index >= 15 is 8.78 Å². The number of fused-ring (bicyclic) bond motifs is 12. The summed E-state index contributed by atoms with van der Waals surface area (Å²) in [6.45, 7) is 13.3. The molecule has 384 valence electrons. The van der Waals surface area contributed by atoms with Gasteiger partial charge in [-0.05, 0) is 139 Å². The molecule has 11 aromatic carbocycles. The first-order valence-corrected chi connectivity index (χ1v) is 27.1. The van der Waals surface area contributed by atoms with Crippen LogP contribution in [-0.2, 0) is 16.2 Å². The van der Waals surface area contributed by atoms with Crippen LogP contribution in [0.5, 0.6) is 0 Å². The Hall–Kier alpha value is -9.26. The minimum Gasteiger partial charge on any atom is -0.454 e. The van der Waals surface area contributed by atoms with Crippen molar-refractivity contribution in [1.29, 1.82) is 0 Å². The van der Waals surface area contributed by atoms with Gasteiger partial charge in [0.05, 0.1) is 22.5 Å². The van der Waals surface area contributed by atoms with Crippen molar-refractivity contribution in [2.24, 2.45) is 0 Å². The maximum atomic E-state index is 17.0. The molecular formula is C73H56F2N2O2. The van der Waals surface area contributed by atoms with Gasteiger partial charge in [-0.25, -0.2) is 8.78 Å². The van der Waals surface area contributed by atoms with Crippen LogP contribution in [0.3, 0.4) is 0 Å². The van der Waals surface area contributed by atoms with Crippen molar-refractivity contribution in [3.05, 3.63) is 276 Å². The van der Waals surface area contributed by atoms with E-state index in [0.717, 1.165) is 106 Å². The molecule has 14 rings (SSSR count). The molecule has 1 aliphatic rings. The molecule has 0 N–H and O–H groups in total. The molecule has 0 aliphatic heterocycles. The van der Waals surface area contributed by atoms with Crippen molar-refractivity contribution in [3.8, 4) is 11.1 Å². The number of halogens is 2. The molecule has 0 saturated heterocycles. The molecular weight excluding hydrogens is 975 g/mol. The Morgan fingerprint density at radius 1 is 0.380 bits per heavy atom. The lowest BCUT2D eigenvalue weighted by atomic mass is 9.67. The number of hydrogen-bond acceptors (Lipinski definition) is 4. The summed E-state index contributed by atoms with van der Waals surface area (Å²) >= 11 is 0. The fraction of sp³-hybridized carbons (Fsp3) is 0.123. The van der Waals surface area contributed by atoms with E-state index in [1.54, 1.807) is 0 Å². The van der Waals surface area contributed by atoms with E-state index in [1.165, 1.54) is 17.7 Å². The molecule has 0 amide bonds. The van der Waals surface area contributed by atoms with Gasteiger partial charge in [-0.1, -0.05) is 193 Å². The fourth-order valence-electron chi connectivity index (χ4n) is 12.6. The summed E-state index contributed by atoms with van der Waals surface area (Å²) in [5, 5.41) is 5.98. The maximum Gasteiger partial charge on any atom is 0.160 e. The van der Waals surface area contributed by atoms with Crippen molar-refractivity contribution in [2.75, 3.05) is 9.80 Å². The lowest BCUT2D eigenvalue weighted by Crippen LogP contribution is -2.29. The van der Waals surface area contributed by atoms with Gasteiger partial charge in [-0.2, -0.15) is 0 Å². The zero-order valence-corrected chi connectivity index (χ0v) is 44.9. The minimum absolute atomic E-state index is 0.0714. The highest BCUT2D eigenvalue weighted by molar-refractivity contribution is 6.27. The summed E-state index contributed by atoms with van der Waals surface area (Å²) < 4.78 is 46.8. The van der Waals surface area contributed by atoms with E-state index in [2.05, 4.69) is 228 Å². The molecule has 6 heteroatoms. The molecule has 0 unspecified atom stereocenters. The Labute approximate surface area is 458 Å². The summed E-state index contributed by atoms with van der Waals surface area (Å²) in [4.78, 5) is 4.27. The normalized spacial score (nSPS) is 13.2. The minimum atomic E-state index is -1.02. The third-order valence-electron chi connectivity index (χ3n) is 16.3. The van der Waals surface area contributed by atoms with Crippen LogP contribution in [0.4, 0.5) is 42.9 Å². The number of para-hydroxylation sites is 2. The van der Waals surface area contributed by atoms with E-state index < -0.39 is 17.0 Å². The smallest absolute Gasteiger partial charge is 0.160 e. The van der Waals surface area contributed by atoms with Crippen LogP contribution in [0, 0.1) is 11.6 Å². The molecule has 4 nitrogen and oxygen atoms in total. The van der Waals surface area contributed by atoms with E-state index in [1.807, 2.05) is 35.2 Å². The van der Waals surface area contributed by atoms with E-state index in [4.69, 9.17) is 8.83 Å². The Morgan fingerprint density at radius 2 is 0.823 bits per heavy atom. The number of furan rings is 2. The van der Waals surface area contributed by atoms with Crippen molar-refractivity contribution in [3.63, 3.8) is 0 Å². The lowest BCUT2D eigenvalue weighted by Gasteiger charge is -2.36. The molecule has 13 aromatic rings. The predicted molar refractivity (Wildman–Crippen MR) is 322 cm³/mol. The topological polar surface area (TPSA) is 32.8 Å². The van der Waals surface area contributed by atoms with Crippen LogP contribution < -0.4 is 9.80 Å². The van der Waals surface area contributed by atoms with Gasteiger partial charge in [-0.15, -0.1) is 0 Å². The quantitative estimate of drug-likeness (QED) is 0.152. The van der Waals surface area contributed by atoms with E-state index in [0.29, 0.717) is 22.5 Å². The van der Waals surface area contributed by atoms with Crippen LogP contribution in [0.1, 0.15) is 74.9 Å². The molecule has 2 aromatic heterocycles. The highest BCUT2D eigenvalue weighted by Gasteiger charge is 2.50. The van der Waals surface area contributed by atoms with Gasteiger partial charge in [0.2, 0.25) is 0 Å². The van der Waals surface area contributed by atoms with E-state index in [-0.39, 0.29) is 16.5 Å². The average Bonchev–Trinajstić information content (AvgIpc) is 3.26. The number of anilines is 6. The van der Waals surface area contributed by atoms with Crippen molar-refractivity contribution < 1.29 is 17.6 Å². The Morgan fingerprint density at radius 3 is 1.33 bits per heavy atom. The van der Waals surface area contributed by atoms with Gasteiger partial charge in [0.15, 0.2) is 11.2 Å². The Balaban J connectivity index is 1.19. The van der Waals surface area contributed by atoms with Crippen LogP contribution in [-0.4, -0.2) is 0 Å². The maximum absolute atomic E-state index is 17.0. The van der Waals surface area contributed by atoms with Crippen LogP contribution in [0.15, 0.2) is 239 Å². The summed E-state index contributed by atoms with van der Waals surface area (Å²) in [6, 6.07) is 78.9. The van der Waals surface area contributed by atoms with Crippen LogP contribution in [0.2, 0.25) is 0 Å². The molecule has 0 atom stereocenters. The van der Waals surface area contributed by atoms with Gasteiger partial charge >= 0.3 is 0 Å². The summed E-state index contributed by atoms with van der Waals surface area (Å²) in [7, 11) is 0. The molecule has 0 spiro atoms. The molecule has 0 saturated carbocycles. The third-order valence-corrected chi connectivity index (χ3v) is 16.3. The molecule has 0 fully saturated rings. The van der Waals surface area contributed by atoms with Gasteiger partial charge in [0.1, 0.15) is 22.8 Å². The van der Waals surface area contributed by atoms with Crippen molar-refractivity contribution in [2.45, 2.75) is 57.8 Å². The van der Waals surface area contributed by atoms with Crippen LogP contribution in [0.25, 0.3) is 65.8 Å². The monoisotopic (exact) mass is 1030 g/mol. The van der Waals surface area contributed by atoms with Gasteiger partial charge in [-0.3, -0.25) is 0 Å². The van der Waals surface area contributed by atoms with Gasteiger partial charge in [0, 0.05) is 44.7 Å². The number of rotatable bonds is 8. The highest BCUT2D eigenvalue weighted by atomic mass is 19.1. The second kappa shape index (κ2) is 17.9. The Bertz CT molecular complexity index is 4490. The van der Waals surface area contributed by atoms with Crippen molar-refractivity contribution in [1.82, 2.24) is 0 Å². The standard InChI is InChI=1S/C73H56F2N2O2/c1-71(2,3)47-30-36-52(37-31-47)76(54-35-29-45-19-13-14-20-46(45)41-54)61-43-57-67(65-55-25-15-17-27-63(55)78-69(61)65)68-58(73(57,49-21-9-7-10-22-49)50-23-11-8-12-24-50)44-62(70-66(68)56-26-16-18-28-64(56)79-70)77(60-40-34-51(74)42-59(60)75)53-38-32-48(33-39-53)72(4,5)6/h7-44H,1-6H3. The predicted octanol–water partition coefficient (Wildman–Crippen LogP) is 20.8. The Kier molecular flexibility index (Phi) is 10.9. The SMILES string of the molecule is CC(C)(C)c1ccc(N(c2ccc3ccccc3c2)c2cc3c(c4c2oc2ccccc24)-c2c(cc(N(c4ccc(C(C)(C)C)cc4)c4ccc(F)cc4F)c4oc5ccccc5c24)C3(c2ccccc2)c2ccccc2)cc1. The van der Waals surface area contributed by atoms with Gasteiger partial charge < -0.3 is 18.6 Å². The summed E-state index contributed by atoms with van der Waals surface area (Å²) in [6.07, 6.45) is 0. The summed E-state index contributed by atoms with van der Waals surface area (Å²) in [5.41, 5.74) is 14.2. The third kappa shape index (κ3) is 7.52. The number of hydrogen-bond donors (Lipinski definition) is 0. The average molecular weight is 1030 g/mol. The van der Waals surface area contributed by atoms with Crippen LogP contribution >= 0.6 is 0 Å². The largest absolute Gasteiger partial charge is 0.454 e. The second-order valence-corrected chi connectivity index (χ2v) is 23.1.